The average Bonchev–Trinajstić information content (AvgIpc) is 3.35. The Balaban J connectivity index is 1.51. The molecule has 0 saturated heterocycles. The normalized spacial score (nSPS) is 11.7. The lowest BCUT2D eigenvalue weighted by Crippen LogP contribution is -2.38. The van der Waals surface area contributed by atoms with Crippen molar-refractivity contribution in [2.45, 2.75) is 19.4 Å². The molecule has 0 saturated carbocycles. The number of aromatic nitrogens is 2. The minimum Gasteiger partial charge on any atom is -0.497 e. The standard InChI is InChI=1S/C26H24F2N4O3/c1-17(18-6-4-3-5-7-18)32(26(33)29-23-13-10-20(27)16-22(23)28)15-14-24-30-25(31-35-24)19-8-11-21(34-2)12-9-19/h3-13,16-17H,14-15H2,1-2H3,(H,29,33). The van der Waals surface area contributed by atoms with Gasteiger partial charge in [-0.25, -0.2) is 13.6 Å². The van der Waals surface area contributed by atoms with Gasteiger partial charge < -0.3 is 19.5 Å². The molecule has 0 radical (unpaired) electrons. The lowest BCUT2D eigenvalue weighted by atomic mass is 10.1. The highest BCUT2D eigenvalue weighted by molar-refractivity contribution is 5.89. The van der Waals surface area contributed by atoms with Gasteiger partial charge in [-0.2, -0.15) is 4.98 Å². The van der Waals surface area contributed by atoms with E-state index in [1.54, 1.807) is 19.2 Å². The van der Waals surface area contributed by atoms with E-state index >= 15 is 0 Å². The Kier molecular flexibility index (Phi) is 7.35. The van der Waals surface area contributed by atoms with Gasteiger partial charge in [0.1, 0.15) is 17.4 Å². The summed E-state index contributed by atoms with van der Waals surface area (Å²) >= 11 is 0. The smallest absolute Gasteiger partial charge is 0.322 e. The molecule has 1 N–H and O–H groups in total. The minimum absolute atomic E-state index is 0.110. The number of nitrogens with zero attached hydrogens (tertiary/aromatic N) is 3. The highest BCUT2D eigenvalue weighted by atomic mass is 19.1. The van der Waals surface area contributed by atoms with Crippen LogP contribution in [0.5, 0.6) is 5.75 Å². The minimum atomic E-state index is -0.855. The van der Waals surface area contributed by atoms with Crippen molar-refractivity contribution in [3.8, 4) is 17.1 Å². The zero-order chi connectivity index (χ0) is 24.8. The molecule has 9 heteroatoms. The van der Waals surface area contributed by atoms with Crippen molar-refractivity contribution in [1.82, 2.24) is 15.0 Å². The van der Waals surface area contributed by atoms with Gasteiger partial charge in [0.05, 0.1) is 18.8 Å². The molecule has 1 unspecified atom stereocenters. The van der Waals surface area contributed by atoms with Crippen LogP contribution in [0.2, 0.25) is 0 Å². The van der Waals surface area contributed by atoms with Crippen molar-refractivity contribution in [3.05, 3.63) is 95.9 Å². The Morgan fingerprint density at radius 2 is 1.83 bits per heavy atom. The average molecular weight is 478 g/mol. The third-order valence-corrected chi connectivity index (χ3v) is 5.57. The topological polar surface area (TPSA) is 80.5 Å². The van der Waals surface area contributed by atoms with Gasteiger partial charge in [-0.1, -0.05) is 35.5 Å². The van der Waals surface area contributed by atoms with Gasteiger partial charge in [-0.15, -0.1) is 0 Å². The summed E-state index contributed by atoms with van der Waals surface area (Å²) in [5.41, 5.74) is 1.55. The third-order valence-electron chi connectivity index (χ3n) is 5.57. The lowest BCUT2D eigenvalue weighted by Gasteiger charge is -2.29. The molecule has 0 aliphatic rings. The Bertz CT molecular complexity index is 1280. The van der Waals surface area contributed by atoms with Crippen molar-refractivity contribution in [3.63, 3.8) is 0 Å². The van der Waals surface area contributed by atoms with E-state index in [-0.39, 0.29) is 24.7 Å². The van der Waals surface area contributed by atoms with E-state index in [9.17, 15) is 13.6 Å². The molecule has 35 heavy (non-hydrogen) atoms. The van der Waals surface area contributed by atoms with Crippen LogP contribution in [0.4, 0.5) is 19.3 Å². The van der Waals surface area contributed by atoms with Crippen LogP contribution >= 0.6 is 0 Å². The van der Waals surface area contributed by atoms with Crippen LogP contribution in [0.1, 0.15) is 24.4 Å². The molecule has 0 aliphatic carbocycles. The second kappa shape index (κ2) is 10.8. The first-order valence-corrected chi connectivity index (χ1v) is 11.0. The molecule has 1 atom stereocenters. The summed E-state index contributed by atoms with van der Waals surface area (Å²) in [7, 11) is 1.59. The fraction of sp³-hybridized carbons (Fsp3) is 0.192. The lowest BCUT2D eigenvalue weighted by molar-refractivity contribution is 0.191. The maximum absolute atomic E-state index is 14.1. The predicted molar refractivity (Wildman–Crippen MR) is 127 cm³/mol. The largest absolute Gasteiger partial charge is 0.497 e. The molecule has 2 amide bonds. The fourth-order valence-electron chi connectivity index (χ4n) is 3.59. The maximum atomic E-state index is 14.1. The molecular weight excluding hydrogens is 454 g/mol. The first-order valence-electron chi connectivity index (χ1n) is 11.0. The van der Waals surface area contributed by atoms with Gasteiger partial charge in [-0.3, -0.25) is 0 Å². The van der Waals surface area contributed by atoms with E-state index in [2.05, 4.69) is 15.5 Å². The number of methoxy groups -OCH3 is 1. The number of halogens is 2. The van der Waals surface area contributed by atoms with E-state index in [1.807, 2.05) is 49.4 Å². The summed E-state index contributed by atoms with van der Waals surface area (Å²) in [6.07, 6.45) is 0.277. The number of hydrogen-bond acceptors (Lipinski definition) is 5. The fourth-order valence-corrected chi connectivity index (χ4v) is 3.59. The summed E-state index contributed by atoms with van der Waals surface area (Å²) in [4.78, 5) is 19.1. The number of benzene rings is 3. The molecular formula is C26H24F2N4O3. The first kappa shape index (κ1) is 23.9. The first-order chi connectivity index (χ1) is 16.9. The van der Waals surface area contributed by atoms with Crippen molar-refractivity contribution in [1.29, 1.82) is 0 Å². The molecule has 180 valence electrons. The molecule has 3 aromatic carbocycles. The van der Waals surface area contributed by atoms with Crippen LogP contribution in [0, 0.1) is 11.6 Å². The van der Waals surface area contributed by atoms with Gasteiger partial charge in [0.25, 0.3) is 0 Å². The highest BCUT2D eigenvalue weighted by Gasteiger charge is 2.23. The number of carbonyl (C=O) groups is 1. The molecule has 0 spiro atoms. The number of ether oxygens (including phenoxy) is 1. The van der Waals surface area contributed by atoms with Crippen LogP contribution in [0.3, 0.4) is 0 Å². The summed E-state index contributed by atoms with van der Waals surface area (Å²) < 4.78 is 38.0. The second-order valence-electron chi connectivity index (χ2n) is 7.82. The van der Waals surface area contributed by atoms with Crippen molar-refractivity contribution >= 4 is 11.7 Å². The third kappa shape index (κ3) is 5.81. The van der Waals surface area contributed by atoms with Crippen LogP contribution < -0.4 is 10.1 Å². The Labute approximate surface area is 201 Å². The number of rotatable bonds is 8. The molecule has 0 fully saturated rings. The van der Waals surface area contributed by atoms with Crippen molar-refractivity contribution < 1.29 is 22.8 Å². The zero-order valence-electron chi connectivity index (χ0n) is 19.2. The van der Waals surface area contributed by atoms with Gasteiger partial charge in [0.2, 0.25) is 11.7 Å². The van der Waals surface area contributed by atoms with Gasteiger partial charge >= 0.3 is 6.03 Å². The number of hydrogen-bond donors (Lipinski definition) is 1. The Morgan fingerprint density at radius 1 is 1.09 bits per heavy atom. The van der Waals surface area contributed by atoms with E-state index in [4.69, 9.17) is 9.26 Å². The van der Waals surface area contributed by atoms with E-state index < -0.39 is 17.7 Å². The SMILES string of the molecule is COc1ccc(-c2noc(CCN(C(=O)Nc3ccc(F)cc3F)C(C)c3ccccc3)n2)cc1. The second-order valence-corrected chi connectivity index (χ2v) is 7.82. The van der Waals surface area contributed by atoms with Crippen LogP contribution in [0.15, 0.2) is 77.3 Å². The van der Waals surface area contributed by atoms with E-state index in [0.717, 1.165) is 23.3 Å². The van der Waals surface area contributed by atoms with Crippen LogP contribution in [-0.4, -0.2) is 34.7 Å². The molecule has 4 aromatic rings. The van der Waals surface area contributed by atoms with Crippen LogP contribution in [-0.2, 0) is 6.42 Å². The number of carbonyl (C=O) groups excluding carboxylic acids is 1. The zero-order valence-corrected chi connectivity index (χ0v) is 19.2. The Morgan fingerprint density at radius 3 is 2.51 bits per heavy atom. The van der Waals surface area contributed by atoms with Crippen LogP contribution in [0.25, 0.3) is 11.4 Å². The number of nitrogens with one attached hydrogen (secondary N) is 1. The van der Waals surface area contributed by atoms with E-state index in [1.165, 1.54) is 11.0 Å². The molecule has 4 rings (SSSR count). The quantitative estimate of drug-likeness (QED) is 0.343. The maximum Gasteiger partial charge on any atom is 0.322 e. The summed E-state index contributed by atoms with van der Waals surface area (Å²) in [5.74, 6) is -0.0950. The molecule has 7 nitrogen and oxygen atoms in total. The van der Waals surface area contributed by atoms with Gasteiger partial charge in [0.15, 0.2) is 0 Å². The number of anilines is 1. The predicted octanol–water partition coefficient (Wildman–Crippen LogP) is 5.86. The molecule has 1 aromatic heterocycles. The van der Waals surface area contributed by atoms with Gasteiger partial charge in [-0.05, 0) is 48.9 Å². The number of urea groups is 1. The van der Waals surface area contributed by atoms with Crippen molar-refractivity contribution in [2.75, 3.05) is 19.0 Å². The van der Waals surface area contributed by atoms with E-state index in [0.29, 0.717) is 17.5 Å². The highest BCUT2D eigenvalue weighted by Crippen LogP contribution is 2.24. The van der Waals surface area contributed by atoms with Gasteiger partial charge in [0, 0.05) is 24.6 Å². The number of amides is 2. The monoisotopic (exact) mass is 478 g/mol. The molecule has 1 heterocycles. The summed E-state index contributed by atoms with van der Waals surface area (Å²) in [6.45, 7) is 2.08. The molecule has 0 aliphatic heterocycles. The Hall–Kier alpha value is -4.27. The summed E-state index contributed by atoms with van der Waals surface area (Å²) in [5, 5.41) is 6.56. The summed E-state index contributed by atoms with van der Waals surface area (Å²) in [6, 6.07) is 18.8. The van der Waals surface area contributed by atoms with Crippen molar-refractivity contribution in [2.24, 2.45) is 0 Å². The molecule has 0 bridgehead atoms.